The third kappa shape index (κ3) is 3.79. The first-order valence-electron chi connectivity index (χ1n) is 7.55. The van der Waals surface area contributed by atoms with Gasteiger partial charge in [0.25, 0.3) is 5.91 Å². The van der Waals surface area contributed by atoms with Gasteiger partial charge in [-0.15, -0.1) is 0 Å². The van der Waals surface area contributed by atoms with Crippen LogP contribution in [0.25, 0.3) is 10.8 Å². The molecule has 23 heavy (non-hydrogen) atoms. The Balaban J connectivity index is 1.65. The van der Waals surface area contributed by atoms with Crippen molar-refractivity contribution in [3.63, 3.8) is 0 Å². The van der Waals surface area contributed by atoms with E-state index in [4.69, 9.17) is 4.42 Å². The number of carbonyl (C=O) groups is 1. The topological polar surface area (TPSA) is 62.5 Å². The van der Waals surface area contributed by atoms with Gasteiger partial charge in [-0.25, -0.2) is 0 Å². The van der Waals surface area contributed by atoms with Crippen LogP contribution in [-0.4, -0.2) is 23.2 Å². The number of aliphatic hydroxyl groups is 1. The lowest BCUT2D eigenvalue weighted by molar-refractivity contribution is 0.0510. The molecule has 0 bridgehead atoms. The Morgan fingerprint density at radius 3 is 2.65 bits per heavy atom. The standard InChI is InChI=1S/C19H19NO3/c1-19(22,12-17-7-4-10-23-17)13-20-18(21)16-9-8-14-5-2-3-6-15(14)11-16/h2-11,22H,12-13H2,1H3,(H,20,21). The molecule has 0 aliphatic carbocycles. The van der Waals surface area contributed by atoms with Crippen LogP contribution in [0.4, 0.5) is 0 Å². The molecule has 0 aliphatic rings. The van der Waals surface area contributed by atoms with Crippen molar-refractivity contribution in [2.24, 2.45) is 0 Å². The van der Waals surface area contributed by atoms with Crippen LogP contribution in [0.15, 0.2) is 65.3 Å². The van der Waals surface area contributed by atoms with Gasteiger partial charge in [0, 0.05) is 18.5 Å². The predicted octanol–water partition coefficient (Wildman–Crippen LogP) is 3.16. The fraction of sp³-hybridized carbons (Fsp3) is 0.211. The Morgan fingerprint density at radius 2 is 1.91 bits per heavy atom. The van der Waals surface area contributed by atoms with Gasteiger partial charge in [-0.05, 0) is 42.0 Å². The summed E-state index contributed by atoms with van der Waals surface area (Å²) in [5, 5.41) is 15.3. The van der Waals surface area contributed by atoms with Crippen LogP contribution in [0.1, 0.15) is 23.0 Å². The molecule has 1 aromatic heterocycles. The summed E-state index contributed by atoms with van der Waals surface area (Å²) in [6, 6.07) is 17.0. The Morgan fingerprint density at radius 1 is 1.13 bits per heavy atom. The maximum atomic E-state index is 12.3. The molecule has 4 nitrogen and oxygen atoms in total. The highest BCUT2D eigenvalue weighted by Crippen LogP contribution is 2.16. The molecule has 0 saturated carbocycles. The number of furan rings is 1. The number of fused-ring (bicyclic) bond motifs is 1. The fourth-order valence-corrected chi connectivity index (χ4v) is 2.55. The minimum atomic E-state index is -1.07. The first kappa shape index (κ1) is 15.3. The molecule has 1 amide bonds. The molecule has 1 atom stereocenters. The second-order valence-electron chi connectivity index (χ2n) is 6.00. The Labute approximate surface area is 134 Å². The van der Waals surface area contributed by atoms with Crippen molar-refractivity contribution in [3.8, 4) is 0 Å². The van der Waals surface area contributed by atoms with Crippen molar-refractivity contribution in [1.29, 1.82) is 0 Å². The van der Waals surface area contributed by atoms with Gasteiger partial charge in [0.1, 0.15) is 5.76 Å². The monoisotopic (exact) mass is 309 g/mol. The zero-order chi connectivity index (χ0) is 16.3. The molecular formula is C19H19NO3. The number of carbonyl (C=O) groups excluding carboxylic acids is 1. The van der Waals surface area contributed by atoms with Gasteiger partial charge >= 0.3 is 0 Å². The highest BCUT2D eigenvalue weighted by atomic mass is 16.3. The van der Waals surface area contributed by atoms with Crippen LogP contribution >= 0.6 is 0 Å². The summed E-state index contributed by atoms with van der Waals surface area (Å²) >= 11 is 0. The van der Waals surface area contributed by atoms with E-state index in [9.17, 15) is 9.90 Å². The summed E-state index contributed by atoms with van der Waals surface area (Å²) in [6.45, 7) is 1.83. The first-order chi connectivity index (χ1) is 11.0. The lowest BCUT2D eigenvalue weighted by atomic mass is 10.0. The highest BCUT2D eigenvalue weighted by molar-refractivity contribution is 5.98. The molecule has 118 valence electrons. The molecule has 2 N–H and O–H groups in total. The van der Waals surface area contributed by atoms with E-state index < -0.39 is 5.60 Å². The van der Waals surface area contributed by atoms with Crippen LogP contribution in [0.3, 0.4) is 0 Å². The number of nitrogens with one attached hydrogen (secondary N) is 1. The second-order valence-corrected chi connectivity index (χ2v) is 6.00. The molecule has 3 aromatic rings. The van der Waals surface area contributed by atoms with Crippen LogP contribution in [-0.2, 0) is 6.42 Å². The molecule has 1 heterocycles. The van der Waals surface area contributed by atoms with Gasteiger partial charge in [0.05, 0.1) is 11.9 Å². The van der Waals surface area contributed by atoms with Crippen molar-refractivity contribution in [1.82, 2.24) is 5.32 Å². The SMILES string of the molecule is CC(O)(CNC(=O)c1ccc2ccccc2c1)Cc1ccco1. The minimum Gasteiger partial charge on any atom is -0.469 e. The molecule has 3 rings (SSSR count). The third-order valence-electron chi connectivity index (χ3n) is 3.78. The molecular weight excluding hydrogens is 290 g/mol. The van der Waals surface area contributed by atoms with Crippen LogP contribution in [0, 0.1) is 0 Å². The Bertz CT molecular complexity index is 806. The van der Waals surface area contributed by atoms with Crippen molar-refractivity contribution in [3.05, 3.63) is 72.2 Å². The van der Waals surface area contributed by atoms with Crippen molar-refractivity contribution in [2.45, 2.75) is 18.9 Å². The van der Waals surface area contributed by atoms with Gasteiger partial charge in [0.2, 0.25) is 0 Å². The quantitative estimate of drug-likeness (QED) is 0.761. The number of rotatable bonds is 5. The zero-order valence-electron chi connectivity index (χ0n) is 13.0. The largest absolute Gasteiger partial charge is 0.469 e. The minimum absolute atomic E-state index is 0.152. The van der Waals surface area contributed by atoms with E-state index in [-0.39, 0.29) is 12.5 Å². The normalized spacial score (nSPS) is 13.7. The van der Waals surface area contributed by atoms with Crippen molar-refractivity contribution in [2.75, 3.05) is 6.54 Å². The van der Waals surface area contributed by atoms with E-state index in [2.05, 4.69) is 5.32 Å². The summed E-state index contributed by atoms with van der Waals surface area (Å²) in [7, 11) is 0. The molecule has 0 fully saturated rings. The van der Waals surface area contributed by atoms with Crippen LogP contribution < -0.4 is 5.32 Å². The molecule has 0 saturated heterocycles. The summed E-state index contributed by atoms with van der Waals surface area (Å²) in [4.78, 5) is 12.3. The first-order valence-corrected chi connectivity index (χ1v) is 7.55. The summed E-state index contributed by atoms with van der Waals surface area (Å²) in [5.41, 5.74) is -0.484. The average molecular weight is 309 g/mol. The fourth-order valence-electron chi connectivity index (χ4n) is 2.55. The van der Waals surface area contributed by atoms with E-state index in [1.54, 1.807) is 31.4 Å². The predicted molar refractivity (Wildman–Crippen MR) is 89.3 cm³/mol. The number of benzene rings is 2. The van der Waals surface area contributed by atoms with Crippen molar-refractivity contribution < 1.29 is 14.3 Å². The zero-order valence-corrected chi connectivity index (χ0v) is 13.0. The van der Waals surface area contributed by atoms with E-state index in [1.807, 2.05) is 36.4 Å². The molecule has 2 aromatic carbocycles. The highest BCUT2D eigenvalue weighted by Gasteiger charge is 2.23. The smallest absolute Gasteiger partial charge is 0.251 e. The summed E-state index contributed by atoms with van der Waals surface area (Å²) in [5.74, 6) is 0.491. The van der Waals surface area contributed by atoms with Gasteiger partial charge in [-0.2, -0.15) is 0 Å². The maximum absolute atomic E-state index is 12.3. The van der Waals surface area contributed by atoms with Gasteiger partial charge in [-0.3, -0.25) is 4.79 Å². The Hall–Kier alpha value is -2.59. The number of hydrogen-bond acceptors (Lipinski definition) is 3. The molecule has 1 unspecified atom stereocenters. The van der Waals surface area contributed by atoms with Gasteiger partial charge in [0.15, 0.2) is 0 Å². The molecule has 0 aliphatic heterocycles. The third-order valence-corrected chi connectivity index (χ3v) is 3.78. The summed E-state index contributed by atoms with van der Waals surface area (Å²) < 4.78 is 5.24. The second kappa shape index (κ2) is 6.26. The van der Waals surface area contributed by atoms with E-state index >= 15 is 0 Å². The lowest BCUT2D eigenvalue weighted by Gasteiger charge is -2.22. The van der Waals surface area contributed by atoms with Crippen LogP contribution in [0.5, 0.6) is 0 Å². The van der Waals surface area contributed by atoms with E-state index in [1.165, 1.54) is 0 Å². The number of amides is 1. The lowest BCUT2D eigenvalue weighted by Crippen LogP contribution is -2.42. The molecule has 0 radical (unpaired) electrons. The van der Waals surface area contributed by atoms with Gasteiger partial charge < -0.3 is 14.8 Å². The summed E-state index contributed by atoms with van der Waals surface area (Å²) in [6.07, 6.45) is 1.91. The van der Waals surface area contributed by atoms with Crippen LogP contribution in [0.2, 0.25) is 0 Å². The number of hydrogen-bond donors (Lipinski definition) is 2. The Kier molecular flexibility index (Phi) is 4.17. The molecule has 0 spiro atoms. The molecule has 4 heteroatoms. The maximum Gasteiger partial charge on any atom is 0.251 e. The van der Waals surface area contributed by atoms with Gasteiger partial charge in [-0.1, -0.05) is 30.3 Å². The van der Waals surface area contributed by atoms with E-state index in [0.717, 1.165) is 10.8 Å². The van der Waals surface area contributed by atoms with E-state index in [0.29, 0.717) is 17.7 Å². The van der Waals surface area contributed by atoms with Crippen molar-refractivity contribution >= 4 is 16.7 Å². The average Bonchev–Trinajstić information content (AvgIpc) is 3.04.